The van der Waals surface area contributed by atoms with Crippen molar-refractivity contribution in [2.75, 3.05) is 0 Å². The van der Waals surface area contributed by atoms with Gasteiger partial charge in [-0.25, -0.2) is 9.18 Å². The molecular weight excluding hydrogens is 297 g/mol. The van der Waals surface area contributed by atoms with Crippen LogP contribution in [0.3, 0.4) is 0 Å². The molecule has 0 spiro atoms. The molecule has 5 heteroatoms. The standard InChI is InChI=1S/C18H10FNO3/c19-17-8-11(18(22)23)2-5-15(17)14-4-1-10-7-12(21)3-6-13(10)16(14)9-20/h1-8,21H,(H,22,23). The number of fused-ring (bicyclic) bond motifs is 1. The van der Waals surface area contributed by atoms with Crippen molar-refractivity contribution in [3.63, 3.8) is 0 Å². The molecule has 3 aromatic rings. The zero-order valence-corrected chi connectivity index (χ0v) is 11.7. The van der Waals surface area contributed by atoms with Crippen molar-refractivity contribution in [3.8, 4) is 22.9 Å². The molecule has 0 amide bonds. The fourth-order valence-electron chi connectivity index (χ4n) is 2.53. The van der Waals surface area contributed by atoms with Crippen molar-refractivity contribution >= 4 is 16.7 Å². The van der Waals surface area contributed by atoms with E-state index in [1.165, 1.54) is 24.3 Å². The molecule has 0 atom stereocenters. The SMILES string of the molecule is N#Cc1c(-c2ccc(C(=O)O)cc2F)ccc2cc(O)ccc12. The number of rotatable bonds is 2. The fraction of sp³-hybridized carbons (Fsp3) is 0. The topological polar surface area (TPSA) is 81.3 Å². The number of carboxylic acid groups (broad SMARTS) is 1. The van der Waals surface area contributed by atoms with Gasteiger partial charge in [0.25, 0.3) is 0 Å². The van der Waals surface area contributed by atoms with Gasteiger partial charge in [-0.3, -0.25) is 0 Å². The van der Waals surface area contributed by atoms with Crippen LogP contribution >= 0.6 is 0 Å². The molecule has 112 valence electrons. The summed E-state index contributed by atoms with van der Waals surface area (Å²) in [4.78, 5) is 10.9. The van der Waals surface area contributed by atoms with Gasteiger partial charge in [0, 0.05) is 16.5 Å². The monoisotopic (exact) mass is 307 g/mol. The third-order valence-electron chi connectivity index (χ3n) is 3.62. The van der Waals surface area contributed by atoms with E-state index >= 15 is 0 Å². The van der Waals surface area contributed by atoms with Gasteiger partial charge in [0.05, 0.1) is 11.1 Å². The number of aromatic hydroxyl groups is 1. The lowest BCUT2D eigenvalue weighted by molar-refractivity contribution is 0.0696. The van der Waals surface area contributed by atoms with Crippen LogP contribution in [0.1, 0.15) is 15.9 Å². The quantitative estimate of drug-likeness (QED) is 0.751. The minimum atomic E-state index is -1.22. The predicted octanol–water partition coefficient (Wildman–Crippen LogP) is 3.92. The normalized spacial score (nSPS) is 10.4. The number of benzene rings is 3. The maximum atomic E-state index is 14.3. The lowest BCUT2D eigenvalue weighted by atomic mass is 9.94. The zero-order valence-electron chi connectivity index (χ0n) is 11.7. The molecule has 3 aromatic carbocycles. The number of phenols is 1. The van der Waals surface area contributed by atoms with Gasteiger partial charge in [-0.1, -0.05) is 18.2 Å². The second-order valence-electron chi connectivity index (χ2n) is 5.01. The molecular formula is C18H10FNO3. The summed E-state index contributed by atoms with van der Waals surface area (Å²) in [5, 5.41) is 29.1. The Bertz CT molecular complexity index is 989. The van der Waals surface area contributed by atoms with Gasteiger partial charge in [0.15, 0.2) is 0 Å². The molecule has 0 radical (unpaired) electrons. The highest BCUT2D eigenvalue weighted by molar-refractivity contribution is 5.95. The van der Waals surface area contributed by atoms with E-state index in [9.17, 15) is 19.6 Å². The van der Waals surface area contributed by atoms with E-state index < -0.39 is 11.8 Å². The third kappa shape index (κ3) is 2.47. The Balaban J connectivity index is 2.27. The number of aromatic carboxylic acids is 1. The molecule has 3 rings (SSSR count). The second-order valence-corrected chi connectivity index (χ2v) is 5.01. The van der Waals surface area contributed by atoms with Gasteiger partial charge in [0.2, 0.25) is 0 Å². The minimum Gasteiger partial charge on any atom is -0.508 e. The molecule has 0 bridgehead atoms. The maximum absolute atomic E-state index is 14.3. The molecule has 0 fully saturated rings. The summed E-state index contributed by atoms with van der Waals surface area (Å²) < 4.78 is 14.3. The Morgan fingerprint density at radius 3 is 2.43 bits per heavy atom. The van der Waals surface area contributed by atoms with E-state index in [1.54, 1.807) is 18.2 Å². The molecule has 23 heavy (non-hydrogen) atoms. The van der Waals surface area contributed by atoms with Crippen LogP contribution in [0.2, 0.25) is 0 Å². The number of carboxylic acids is 1. The van der Waals surface area contributed by atoms with Crippen LogP contribution in [0, 0.1) is 17.1 Å². The van der Waals surface area contributed by atoms with Gasteiger partial charge in [0.1, 0.15) is 17.6 Å². The van der Waals surface area contributed by atoms with Crippen molar-refractivity contribution in [2.24, 2.45) is 0 Å². The summed E-state index contributed by atoms with van der Waals surface area (Å²) in [7, 11) is 0. The summed E-state index contributed by atoms with van der Waals surface area (Å²) in [6.07, 6.45) is 0. The Morgan fingerprint density at radius 1 is 1.04 bits per heavy atom. The van der Waals surface area contributed by atoms with E-state index in [2.05, 4.69) is 6.07 Å². The summed E-state index contributed by atoms with van der Waals surface area (Å²) in [5.41, 5.74) is 0.640. The molecule has 0 aliphatic rings. The average Bonchev–Trinajstić information content (AvgIpc) is 2.53. The van der Waals surface area contributed by atoms with Gasteiger partial charge >= 0.3 is 5.97 Å². The van der Waals surface area contributed by atoms with Crippen LogP contribution in [0.25, 0.3) is 21.9 Å². The molecule has 0 saturated heterocycles. The van der Waals surface area contributed by atoms with Gasteiger partial charge in [-0.15, -0.1) is 0 Å². The molecule has 0 unspecified atom stereocenters. The molecule has 4 nitrogen and oxygen atoms in total. The molecule has 0 aliphatic carbocycles. The van der Waals surface area contributed by atoms with E-state index in [-0.39, 0.29) is 22.4 Å². The summed E-state index contributed by atoms with van der Waals surface area (Å²) in [6.45, 7) is 0. The smallest absolute Gasteiger partial charge is 0.335 e. The highest BCUT2D eigenvalue weighted by Crippen LogP contribution is 2.33. The largest absolute Gasteiger partial charge is 0.508 e. The molecule has 0 heterocycles. The number of hydrogen-bond donors (Lipinski definition) is 2. The van der Waals surface area contributed by atoms with Gasteiger partial charge in [-0.05, 0) is 35.7 Å². The number of nitriles is 1. The van der Waals surface area contributed by atoms with E-state index in [1.807, 2.05) is 0 Å². The van der Waals surface area contributed by atoms with Crippen LogP contribution in [-0.4, -0.2) is 16.2 Å². The van der Waals surface area contributed by atoms with Crippen LogP contribution in [0.15, 0.2) is 48.5 Å². The van der Waals surface area contributed by atoms with E-state index in [0.29, 0.717) is 16.3 Å². The molecule has 2 N–H and O–H groups in total. The summed E-state index contributed by atoms with van der Waals surface area (Å²) in [6, 6.07) is 13.5. The first-order chi connectivity index (χ1) is 11.0. The first kappa shape index (κ1) is 14.5. The van der Waals surface area contributed by atoms with Gasteiger partial charge < -0.3 is 10.2 Å². The van der Waals surface area contributed by atoms with Crippen molar-refractivity contribution in [3.05, 3.63) is 65.5 Å². The molecule has 0 saturated carbocycles. The highest BCUT2D eigenvalue weighted by Gasteiger charge is 2.15. The maximum Gasteiger partial charge on any atom is 0.335 e. The Morgan fingerprint density at radius 2 is 1.78 bits per heavy atom. The number of hydrogen-bond acceptors (Lipinski definition) is 3. The Kier molecular flexibility index (Phi) is 3.43. The number of halogens is 1. The molecule has 0 aliphatic heterocycles. The minimum absolute atomic E-state index is 0.0751. The van der Waals surface area contributed by atoms with Crippen LogP contribution in [0.5, 0.6) is 5.75 Å². The van der Waals surface area contributed by atoms with Crippen LogP contribution in [-0.2, 0) is 0 Å². The zero-order chi connectivity index (χ0) is 16.6. The van der Waals surface area contributed by atoms with Crippen molar-refractivity contribution in [2.45, 2.75) is 0 Å². The first-order valence-corrected chi connectivity index (χ1v) is 6.70. The average molecular weight is 307 g/mol. The van der Waals surface area contributed by atoms with Crippen molar-refractivity contribution in [1.82, 2.24) is 0 Å². The fourth-order valence-corrected chi connectivity index (χ4v) is 2.53. The number of nitrogens with zero attached hydrogens (tertiary/aromatic N) is 1. The summed E-state index contributed by atoms with van der Waals surface area (Å²) in [5.74, 6) is -1.85. The van der Waals surface area contributed by atoms with Crippen molar-refractivity contribution < 1.29 is 19.4 Å². The predicted molar refractivity (Wildman–Crippen MR) is 82.7 cm³/mol. The highest BCUT2D eigenvalue weighted by atomic mass is 19.1. The van der Waals surface area contributed by atoms with E-state index in [0.717, 1.165) is 6.07 Å². The van der Waals surface area contributed by atoms with Crippen molar-refractivity contribution in [1.29, 1.82) is 5.26 Å². The van der Waals surface area contributed by atoms with Crippen LogP contribution in [0.4, 0.5) is 4.39 Å². The lowest BCUT2D eigenvalue weighted by Crippen LogP contribution is -1.98. The van der Waals surface area contributed by atoms with E-state index in [4.69, 9.17) is 5.11 Å². The number of phenolic OH excluding ortho intramolecular Hbond substituents is 1. The Labute approximate surface area is 130 Å². The Hall–Kier alpha value is -3.39. The third-order valence-corrected chi connectivity index (χ3v) is 3.62. The summed E-state index contributed by atoms with van der Waals surface area (Å²) >= 11 is 0. The number of carbonyl (C=O) groups is 1. The second kappa shape index (κ2) is 5.43. The first-order valence-electron chi connectivity index (χ1n) is 6.70. The molecule has 0 aromatic heterocycles. The van der Waals surface area contributed by atoms with Crippen LogP contribution < -0.4 is 0 Å². The lowest BCUT2D eigenvalue weighted by Gasteiger charge is -2.10. The van der Waals surface area contributed by atoms with Gasteiger partial charge in [-0.2, -0.15) is 5.26 Å².